The Bertz CT molecular complexity index is 1120. The van der Waals surface area contributed by atoms with Crippen LogP contribution in [0.2, 0.25) is 0 Å². The molecule has 0 saturated heterocycles. The molecule has 0 saturated carbocycles. The van der Waals surface area contributed by atoms with Gasteiger partial charge >= 0.3 is 0 Å². The Morgan fingerprint density at radius 1 is 0.929 bits per heavy atom. The lowest BCUT2D eigenvalue weighted by Gasteiger charge is -2.18. The lowest BCUT2D eigenvalue weighted by Crippen LogP contribution is -2.10. The highest BCUT2D eigenvalue weighted by atomic mass is 32.1. The average molecular weight is 391 g/mol. The van der Waals surface area contributed by atoms with Crippen LogP contribution in [0.5, 0.6) is 5.75 Å². The first-order valence-electron chi connectivity index (χ1n) is 9.09. The average Bonchev–Trinajstić information content (AvgIpc) is 3.26. The predicted octanol–water partition coefficient (Wildman–Crippen LogP) is 5.33. The highest BCUT2D eigenvalue weighted by Gasteiger charge is 2.16. The third-order valence-corrected chi connectivity index (χ3v) is 5.41. The molecule has 0 amide bonds. The van der Waals surface area contributed by atoms with Gasteiger partial charge in [-0.3, -0.25) is 0 Å². The van der Waals surface area contributed by atoms with Gasteiger partial charge in [-0.05, 0) is 34.8 Å². The van der Waals surface area contributed by atoms with Crippen LogP contribution in [0.4, 0.5) is 0 Å². The summed E-state index contributed by atoms with van der Waals surface area (Å²) < 4.78 is 7.00. The van der Waals surface area contributed by atoms with Crippen molar-refractivity contribution in [3.8, 4) is 17.1 Å². The molecular formula is C22H22N4OS. The van der Waals surface area contributed by atoms with E-state index in [0.29, 0.717) is 0 Å². The van der Waals surface area contributed by atoms with Crippen molar-refractivity contribution in [2.45, 2.75) is 26.2 Å². The molecule has 0 bridgehead atoms. The van der Waals surface area contributed by atoms with Crippen LogP contribution in [0.15, 0.2) is 48.5 Å². The first kappa shape index (κ1) is 18.4. The van der Waals surface area contributed by atoms with E-state index in [4.69, 9.17) is 4.74 Å². The normalized spacial score (nSPS) is 12.1. The summed E-state index contributed by atoms with van der Waals surface area (Å²) >= 11 is 1.51. The zero-order valence-corrected chi connectivity index (χ0v) is 17.2. The van der Waals surface area contributed by atoms with Gasteiger partial charge in [-0.2, -0.15) is 9.61 Å². The first-order valence-corrected chi connectivity index (χ1v) is 9.91. The van der Waals surface area contributed by atoms with E-state index in [1.54, 1.807) is 7.11 Å². The van der Waals surface area contributed by atoms with Crippen LogP contribution in [0.3, 0.4) is 0 Å². The minimum absolute atomic E-state index is 0.124. The van der Waals surface area contributed by atoms with Gasteiger partial charge < -0.3 is 4.74 Å². The quantitative estimate of drug-likeness (QED) is 0.473. The highest BCUT2D eigenvalue weighted by molar-refractivity contribution is 7.17. The number of methoxy groups -OCH3 is 1. The van der Waals surface area contributed by atoms with Crippen molar-refractivity contribution >= 4 is 28.4 Å². The molecule has 0 radical (unpaired) electrons. The molecule has 4 aromatic rings. The van der Waals surface area contributed by atoms with Crippen molar-refractivity contribution in [1.29, 1.82) is 0 Å². The highest BCUT2D eigenvalue weighted by Crippen LogP contribution is 2.27. The molecule has 4 rings (SSSR count). The fraction of sp³-hybridized carbons (Fsp3) is 0.227. The third kappa shape index (κ3) is 3.68. The van der Waals surface area contributed by atoms with E-state index in [-0.39, 0.29) is 5.41 Å². The fourth-order valence-electron chi connectivity index (χ4n) is 2.88. The number of hydrogen-bond acceptors (Lipinski definition) is 5. The molecule has 6 heteroatoms. The Morgan fingerprint density at radius 2 is 1.64 bits per heavy atom. The summed E-state index contributed by atoms with van der Waals surface area (Å²) in [6.45, 7) is 6.62. The largest absolute Gasteiger partial charge is 0.497 e. The van der Waals surface area contributed by atoms with Gasteiger partial charge in [0.15, 0.2) is 5.82 Å². The molecule has 0 aliphatic heterocycles. The molecule has 0 unspecified atom stereocenters. The minimum Gasteiger partial charge on any atom is -0.497 e. The van der Waals surface area contributed by atoms with Crippen molar-refractivity contribution in [2.75, 3.05) is 7.11 Å². The molecule has 0 atom stereocenters. The first-order chi connectivity index (χ1) is 13.4. The van der Waals surface area contributed by atoms with E-state index in [2.05, 4.69) is 60.3 Å². The van der Waals surface area contributed by atoms with Gasteiger partial charge in [0.25, 0.3) is 0 Å². The molecule has 2 aromatic carbocycles. The standard InChI is InChI=1S/C22H22N4OS/c1-22(2,3)17-10-8-16(9-11-17)20-23-24-21-26(20)25-19(28-21)14-7-15-5-12-18(27-4)13-6-15/h5-14H,1-4H3. The van der Waals surface area contributed by atoms with E-state index in [1.165, 1.54) is 16.9 Å². The molecule has 0 aliphatic rings. The summed E-state index contributed by atoms with van der Waals surface area (Å²) in [4.78, 5) is 0.782. The number of ether oxygens (including phenoxy) is 1. The fourth-order valence-corrected chi connectivity index (χ4v) is 3.62. The monoisotopic (exact) mass is 390 g/mol. The number of benzene rings is 2. The van der Waals surface area contributed by atoms with Crippen molar-refractivity contribution in [2.24, 2.45) is 0 Å². The Labute approximate surface area is 168 Å². The summed E-state index contributed by atoms with van der Waals surface area (Å²) in [5, 5.41) is 14.2. The second-order valence-corrected chi connectivity index (χ2v) is 8.58. The van der Waals surface area contributed by atoms with Gasteiger partial charge in [-0.25, -0.2) is 0 Å². The molecule has 0 fully saturated rings. The van der Waals surface area contributed by atoms with Gasteiger partial charge in [0, 0.05) is 5.56 Å². The van der Waals surface area contributed by atoms with E-state index >= 15 is 0 Å². The van der Waals surface area contributed by atoms with Crippen LogP contribution in [0.25, 0.3) is 28.5 Å². The van der Waals surface area contributed by atoms with Crippen LogP contribution in [0, 0.1) is 0 Å². The van der Waals surface area contributed by atoms with E-state index in [9.17, 15) is 0 Å². The minimum atomic E-state index is 0.124. The maximum atomic E-state index is 5.19. The molecule has 2 heterocycles. The predicted molar refractivity (Wildman–Crippen MR) is 115 cm³/mol. The second kappa shape index (κ2) is 7.20. The molecule has 0 N–H and O–H groups in total. The number of aromatic nitrogens is 4. The van der Waals surface area contributed by atoms with E-state index < -0.39 is 0 Å². The number of nitrogens with zero attached hydrogens (tertiary/aromatic N) is 4. The molecule has 28 heavy (non-hydrogen) atoms. The zero-order chi connectivity index (χ0) is 19.7. The Morgan fingerprint density at radius 3 is 2.29 bits per heavy atom. The Kier molecular flexibility index (Phi) is 4.73. The zero-order valence-electron chi connectivity index (χ0n) is 16.4. The topological polar surface area (TPSA) is 52.3 Å². The smallest absolute Gasteiger partial charge is 0.235 e. The summed E-state index contributed by atoms with van der Waals surface area (Å²) in [6.07, 6.45) is 4.02. The van der Waals surface area contributed by atoms with Crippen LogP contribution < -0.4 is 4.74 Å². The summed E-state index contributed by atoms with van der Waals surface area (Å²) in [5.74, 6) is 1.61. The molecular weight excluding hydrogens is 368 g/mol. The van der Waals surface area contributed by atoms with Crippen molar-refractivity contribution < 1.29 is 4.74 Å². The van der Waals surface area contributed by atoms with Gasteiger partial charge in [0.1, 0.15) is 10.8 Å². The van der Waals surface area contributed by atoms with Crippen LogP contribution in [0.1, 0.15) is 36.9 Å². The van der Waals surface area contributed by atoms with Gasteiger partial charge in [0.05, 0.1) is 7.11 Å². The number of hydrogen-bond donors (Lipinski definition) is 0. The van der Waals surface area contributed by atoms with Gasteiger partial charge in [-0.1, -0.05) is 74.6 Å². The Hall–Kier alpha value is -2.99. The third-order valence-electron chi connectivity index (χ3n) is 4.55. The van der Waals surface area contributed by atoms with Gasteiger partial charge in [0.2, 0.25) is 4.96 Å². The molecule has 0 spiro atoms. The lowest BCUT2D eigenvalue weighted by atomic mass is 9.87. The number of rotatable bonds is 4. The SMILES string of the molecule is COc1ccc(C=Cc2nn3c(-c4ccc(C(C)(C)C)cc4)nnc3s2)cc1. The van der Waals surface area contributed by atoms with E-state index in [0.717, 1.165) is 32.7 Å². The van der Waals surface area contributed by atoms with Crippen molar-refractivity contribution in [3.05, 3.63) is 64.7 Å². The van der Waals surface area contributed by atoms with Crippen molar-refractivity contribution in [1.82, 2.24) is 19.8 Å². The summed E-state index contributed by atoms with van der Waals surface area (Å²) in [5.41, 5.74) is 3.51. The Balaban J connectivity index is 1.60. The second-order valence-electron chi connectivity index (χ2n) is 7.59. The van der Waals surface area contributed by atoms with Crippen molar-refractivity contribution in [3.63, 3.8) is 0 Å². The summed E-state index contributed by atoms with van der Waals surface area (Å²) in [7, 11) is 1.67. The maximum Gasteiger partial charge on any atom is 0.235 e. The maximum absolute atomic E-state index is 5.19. The lowest BCUT2D eigenvalue weighted by molar-refractivity contribution is 0.415. The van der Waals surface area contributed by atoms with Crippen LogP contribution >= 0.6 is 11.3 Å². The van der Waals surface area contributed by atoms with E-state index in [1.807, 2.05) is 40.9 Å². The molecule has 142 valence electrons. The summed E-state index contributed by atoms with van der Waals surface area (Å²) in [6, 6.07) is 16.4. The molecule has 5 nitrogen and oxygen atoms in total. The van der Waals surface area contributed by atoms with Crippen LogP contribution in [-0.4, -0.2) is 26.9 Å². The van der Waals surface area contributed by atoms with Crippen LogP contribution in [-0.2, 0) is 5.41 Å². The van der Waals surface area contributed by atoms with Gasteiger partial charge in [-0.15, -0.1) is 10.2 Å². The molecule has 2 aromatic heterocycles. The number of fused-ring (bicyclic) bond motifs is 1. The molecule has 0 aliphatic carbocycles.